The summed E-state index contributed by atoms with van der Waals surface area (Å²) in [5, 5.41) is 8.73. The van der Waals surface area contributed by atoms with Gasteiger partial charge < -0.3 is 14.7 Å². The fraction of sp³-hybridized carbons (Fsp3) is 0.857. The molecule has 1 rings (SSSR count). The molecule has 1 N–H and O–H groups in total. The molecular formula is C14H26N2O4. The van der Waals surface area contributed by atoms with E-state index in [0.717, 1.165) is 6.42 Å². The van der Waals surface area contributed by atoms with Crippen molar-refractivity contribution in [1.29, 1.82) is 0 Å². The Hall–Kier alpha value is -1.14. The molecule has 0 saturated carbocycles. The topological polar surface area (TPSA) is 70.1 Å². The highest BCUT2D eigenvalue weighted by Gasteiger charge is 2.25. The largest absolute Gasteiger partial charge is 0.480 e. The molecule has 0 aromatic rings. The van der Waals surface area contributed by atoms with Crippen LogP contribution < -0.4 is 0 Å². The molecule has 1 amide bonds. The number of rotatable bonds is 7. The summed E-state index contributed by atoms with van der Waals surface area (Å²) in [6.45, 7) is 6.45. The molecule has 1 aliphatic rings. The number of carboxylic acids is 1. The number of likely N-dealkylation sites (N-methyl/N-ethyl adjacent to an activating group) is 1. The Kier molecular flexibility index (Phi) is 6.95. The van der Waals surface area contributed by atoms with Crippen molar-refractivity contribution in [2.45, 2.75) is 32.8 Å². The summed E-state index contributed by atoms with van der Waals surface area (Å²) < 4.78 is 5.61. The Morgan fingerprint density at radius 1 is 1.45 bits per heavy atom. The van der Waals surface area contributed by atoms with Crippen LogP contribution in [0.5, 0.6) is 0 Å². The van der Waals surface area contributed by atoms with Gasteiger partial charge in [0.25, 0.3) is 0 Å². The predicted octanol–water partition coefficient (Wildman–Crippen LogP) is 0.666. The van der Waals surface area contributed by atoms with E-state index in [9.17, 15) is 9.59 Å². The van der Waals surface area contributed by atoms with Gasteiger partial charge in [0.1, 0.15) is 0 Å². The summed E-state index contributed by atoms with van der Waals surface area (Å²) >= 11 is 0. The molecule has 6 heteroatoms. The van der Waals surface area contributed by atoms with Crippen molar-refractivity contribution in [1.82, 2.24) is 9.80 Å². The van der Waals surface area contributed by atoms with Gasteiger partial charge in [-0.15, -0.1) is 0 Å². The van der Waals surface area contributed by atoms with Crippen LogP contribution in [-0.2, 0) is 14.3 Å². The van der Waals surface area contributed by atoms with E-state index in [1.807, 2.05) is 4.90 Å². The molecule has 0 radical (unpaired) electrons. The highest BCUT2D eigenvalue weighted by Crippen LogP contribution is 2.11. The van der Waals surface area contributed by atoms with Crippen LogP contribution in [-0.4, -0.2) is 72.7 Å². The van der Waals surface area contributed by atoms with E-state index in [1.54, 1.807) is 11.9 Å². The van der Waals surface area contributed by atoms with Gasteiger partial charge in [-0.1, -0.05) is 13.8 Å². The summed E-state index contributed by atoms with van der Waals surface area (Å²) in [4.78, 5) is 26.2. The second-order valence-electron chi connectivity index (χ2n) is 5.86. The van der Waals surface area contributed by atoms with Crippen molar-refractivity contribution in [2.24, 2.45) is 5.92 Å². The Balaban J connectivity index is 2.37. The first-order chi connectivity index (χ1) is 9.38. The number of ether oxygens (including phenoxy) is 1. The molecule has 1 fully saturated rings. The summed E-state index contributed by atoms with van der Waals surface area (Å²) in [5.41, 5.74) is 0. The second-order valence-corrected chi connectivity index (χ2v) is 5.86. The van der Waals surface area contributed by atoms with Crippen molar-refractivity contribution < 1.29 is 19.4 Å². The molecule has 1 atom stereocenters. The van der Waals surface area contributed by atoms with Crippen molar-refractivity contribution in [2.75, 3.05) is 39.8 Å². The minimum absolute atomic E-state index is 0.0127. The van der Waals surface area contributed by atoms with Crippen LogP contribution in [0.15, 0.2) is 0 Å². The standard InChI is InChI=1S/C14H26N2O4/c1-11(2)4-5-13(17)16-6-7-20-12(9-16)8-15(3)10-14(18)19/h11-12H,4-10H2,1-3H3,(H,18,19). The van der Waals surface area contributed by atoms with E-state index in [2.05, 4.69) is 13.8 Å². The van der Waals surface area contributed by atoms with Gasteiger partial charge in [0.15, 0.2) is 0 Å². The summed E-state index contributed by atoms with van der Waals surface area (Å²) in [5.74, 6) is -0.154. The minimum atomic E-state index is -0.854. The zero-order valence-electron chi connectivity index (χ0n) is 12.7. The van der Waals surface area contributed by atoms with Crippen LogP contribution in [0.4, 0.5) is 0 Å². The van der Waals surface area contributed by atoms with Crippen LogP contribution >= 0.6 is 0 Å². The van der Waals surface area contributed by atoms with Crippen LogP contribution in [0, 0.1) is 5.92 Å². The molecule has 0 aliphatic carbocycles. The fourth-order valence-electron chi connectivity index (χ4n) is 2.27. The van der Waals surface area contributed by atoms with Gasteiger partial charge in [0.05, 0.1) is 19.3 Å². The number of morpholine rings is 1. The molecule has 0 bridgehead atoms. The second kappa shape index (κ2) is 8.21. The van der Waals surface area contributed by atoms with Gasteiger partial charge in [-0.25, -0.2) is 0 Å². The van der Waals surface area contributed by atoms with Crippen molar-refractivity contribution >= 4 is 11.9 Å². The van der Waals surface area contributed by atoms with Crippen LogP contribution in [0.25, 0.3) is 0 Å². The number of hydrogen-bond acceptors (Lipinski definition) is 4. The van der Waals surface area contributed by atoms with Crippen LogP contribution in [0.3, 0.4) is 0 Å². The maximum atomic E-state index is 12.1. The van der Waals surface area contributed by atoms with E-state index < -0.39 is 5.97 Å². The van der Waals surface area contributed by atoms with E-state index >= 15 is 0 Å². The molecule has 0 spiro atoms. The monoisotopic (exact) mass is 286 g/mol. The molecule has 0 aromatic heterocycles. The number of carboxylic acid groups (broad SMARTS) is 1. The quantitative estimate of drug-likeness (QED) is 0.745. The maximum Gasteiger partial charge on any atom is 0.317 e. The molecule has 20 heavy (non-hydrogen) atoms. The molecule has 0 aromatic carbocycles. The highest BCUT2D eigenvalue weighted by atomic mass is 16.5. The summed E-state index contributed by atoms with van der Waals surface area (Å²) in [6, 6.07) is 0. The van der Waals surface area contributed by atoms with Crippen molar-refractivity contribution in [3.63, 3.8) is 0 Å². The van der Waals surface area contributed by atoms with E-state index in [0.29, 0.717) is 38.6 Å². The third-order valence-corrected chi connectivity index (χ3v) is 3.35. The molecule has 1 unspecified atom stereocenters. The first kappa shape index (κ1) is 16.9. The lowest BCUT2D eigenvalue weighted by Gasteiger charge is -2.34. The van der Waals surface area contributed by atoms with Gasteiger partial charge in [-0.2, -0.15) is 0 Å². The lowest BCUT2D eigenvalue weighted by Crippen LogP contribution is -2.49. The lowest BCUT2D eigenvalue weighted by atomic mass is 10.1. The Labute approximate surface area is 120 Å². The van der Waals surface area contributed by atoms with E-state index in [-0.39, 0.29) is 18.6 Å². The molecule has 116 valence electrons. The van der Waals surface area contributed by atoms with Crippen LogP contribution in [0.1, 0.15) is 26.7 Å². The number of carbonyl (C=O) groups is 2. The summed E-state index contributed by atoms with van der Waals surface area (Å²) in [7, 11) is 1.75. The lowest BCUT2D eigenvalue weighted by molar-refractivity contribution is -0.142. The maximum absolute atomic E-state index is 12.1. The molecule has 1 aliphatic heterocycles. The van der Waals surface area contributed by atoms with Gasteiger partial charge in [-0.05, 0) is 19.4 Å². The zero-order chi connectivity index (χ0) is 15.1. The SMILES string of the molecule is CC(C)CCC(=O)N1CCOC(CN(C)CC(=O)O)C1. The number of nitrogens with zero attached hydrogens (tertiary/aromatic N) is 2. The molecular weight excluding hydrogens is 260 g/mol. The highest BCUT2D eigenvalue weighted by molar-refractivity contribution is 5.76. The Morgan fingerprint density at radius 2 is 2.15 bits per heavy atom. The average Bonchev–Trinajstić information content (AvgIpc) is 2.35. The van der Waals surface area contributed by atoms with Gasteiger partial charge in [0.2, 0.25) is 5.91 Å². The normalized spacial score (nSPS) is 19.6. The van der Waals surface area contributed by atoms with Crippen molar-refractivity contribution in [3.8, 4) is 0 Å². The smallest absolute Gasteiger partial charge is 0.317 e. The predicted molar refractivity (Wildman–Crippen MR) is 75.5 cm³/mol. The number of amides is 1. The zero-order valence-corrected chi connectivity index (χ0v) is 12.7. The molecule has 1 heterocycles. The van der Waals surface area contributed by atoms with Crippen LogP contribution in [0.2, 0.25) is 0 Å². The molecule has 1 saturated heterocycles. The van der Waals surface area contributed by atoms with E-state index in [1.165, 1.54) is 0 Å². The Bertz CT molecular complexity index is 333. The average molecular weight is 286 g/mol. The Morgan fingerprint density at radius 3 is 2.75 bits per heavy atom. The van der Waals surface area contributed by atoms with Gasteiger partial charge in [0, 0.05) is 26.1 Å². The summed E-state index contributed by atoms with van der Waals surface area (Å²) in [6.07, 6.45) is 1.38. The third kappa shape index (κ3) is 6.34. The van der Waals surface area contributed by atoms with Gasteiger partial charge >= 0.3 is 5.97 Å². The number of aliphatic carboxylic acids is 1. The fourth-order valence-corrected chi connectivity index (χ4v) is 2.27. The van der Waals surface area contributed by atoms with E-state index in [4.69, 9.17) is 9.84 Å². The van der Waals surface area contributed by atoms with Crippen molar-refractivity contribution in [3.05, 3.63) is 0 Å². The first-order valence-electron chi connectivity index (χ1n) is 7.18. The third-order valence-electron chi connectivity index (χ3n) is 3.35. The number of hydrogen-bond donors (Lipinski definition) is 1. The molecule has 6 nitrogen and oxygen atoms in total. The minimum Gasteiger partial charge on any atom is -0.480 e. The van der Waals surface area contributed by atoms with Gasteiger partial charge in [-0.3, -0.25) is 14.5 Å². The first-order valence-corrected chi connectivity index (χ1v) is 7.18. The number of carbonyl (C=O) groups excluding carboxylic acids is 1.